The average molecular weight is 235 g/mol. The van der Waals surface area contributed by atoms with Crippen molar-refractivity contribution in [3.63, 3.8) is 0 Å². The molecule has 4 heteroatoms. The van der Waals surface area contributed by atoms with Crippen LogP contribution < -0.4 is 10.5 Å². The van der Waals surface area contributed by atoms with Crippen molar-refractivity contribution in [2.45, 2.75) is 25.3 Å². The van der Waals surface area contributed by atoms with Crippen LogP contribution in [0.1, 0.15) is 18.4 Å². The molecule has 0 saturated heterocycles. The van der Waals surface area contributed by atoms with Crippen LogP contribution in [0.15, 0.2) is 24.3 Å². The Balaban J connectivity index is 2.06. The van der Waals surface area contributed by atoms with Crippen molar-refractivity contribution in [1.29, 1.82) is 0 Å². The van der Waals surface area contributed by atoms with E-state index in [1.54, 1.807) is 0 Å². The second-order valence-electron chi connectivity index (χ2n) is 4.67. The van der Waals surface area contributed by atoms with Gasteiger partial charge in [-0.25, -0.2) is 0 Å². The molecule has 1 aromatic carbocycles. The van der Waals surface area contributed by atoms with Crippen LogP contribution >= 0.6 is 0 Å². The molecule has 0 bridgehead atoms. The largest absolute Gasteiger partial charge is 0.491 e. The zero-order valence-electron chi connectivity index (χ0n) is 9.85. The van der Waals surface area contributed by atoms with Crippen LogP contribution in [-0.4, -0.2) is 23.2 Å². The number of nitrogens with two attached hydrogens (primary N) is 1. The van der Waals surface area contributed by atoms with Crippen LogP contribution in [-0.2, 0) is 4.79 Å². The van der Waals surface area contributed by atoms with Gasteiger partial charge in [0.15, 0.2) is 5.54 Å². The van der Waals surface area contributed by atoms with Gasteiger partial charge < -0.3 is 15.6 Å². The van der Waals surface area contributed by atoms with Gasteiger partial charge in [0.05, 0.1) is 0 Å². The van der Waals surface area contributed by atoms with Crippen LogP contribution in [0, 0.1) is 12.8 Å². The van der Waals surface area contributed by atoms with E-state index >= 15 is 0 Å². The minimum atomic E-state index is -1.25. The topological polar surface area (TPSA) is 72.5 Å². The first-order valence-electron chi connectivity index (χ1n) is 5.75. The number of rotatable bonds is 5. The highest BCUT2D eigenvalue weighted by atomic mass is 16.5. The van der Waals surface area contributed by atoms with Crippen molar-refractivity contribution < 1.29 is 14.6 Å². The third-order valence-corrected chi connectivity index (χ3v) is 3.26. The molecule has 0 aromatic heterocycles. The molecule has 0 amide bonds. The van der Waals surface area contributed by atoms with Gasteiger partial charge in [-0.05, 0) is 37.3 Å². The van der Waals surface area contributed by atoms with E-state index in [0.717, 1.165) is 18.4 Å². The molecule has 92 valence electrons. The summed E-state index contributed by atoms with van der Waals surface area (Å²) in [6.45, 7) is 1.95. The number of aryl methyl sites for hydroxylation is 1. The Hall–Kier alpha value is -1.55. The molecule has 1 aliphatic carbocycles. The number of hydrogen-bond donors (Lipinski definition) is 2. The summed E-state index contributed by atoms with van der Waals surface area (Å²) >= 11 is 0. The number of carboxylic acids is 1. The minimum Gasteiger partial charge on any atom is -0.491 e. The van der Waals surface area contributed by atoms with Gasteiger partial charge in [0, 0.05) is 0 Å². The Labute approximate surface area is 100 Å². The van der Waals surface area contributed by atoms with Crippen LogP contribution in [0.2, 0.25) is 0 Å². The van der Waals surface area contributed by atoms with E-state index in [1.165, 1.54) is 0 Å². The monoisotopic (exact) mass is 235 g/mol. The van der Waals surface area contributed by atoms with E-state index in [4.69, 9.17) is 10.5 Å². The van der Waals surface area contributed by atoms with E-state index in [9.17, 15) is 9.90 Å². The van der Waals surface area contributed by atoms with Gasteiger partial charge in [-0.1, -0.05) is 18.2 Å². The van der Waals surface area contributed by atoms with Gasteiger partial charge in [-0.2, -0.15) is 0 Å². The van der Waals surface area contributed by atoms with Crippen LogP contribution in [0.5, 0.6) is 5.75 Å². The molecule has 17 heavy (non-hydrogen) atoms. The van der Waals surface area contributed by atoms with Gasteiger partial charge >= 0.3 is 5.97 Å². The smallest absolute Gasteiger partial charge is 0.327 e. The Morgan fingerprint density at radius 1 is 1.53 bits per heavy atom. The van der Waals surface area contributed by atoms with Crippen molar-refractivity contribution in [3.05, 3.63) is 29.8 Å². The van der Waals surface area contributed by atoms with Crippen molar-refractivity contribution in [1.82, 2.24) is 0 Å². The maximum absolute atomic E-state index is 11.2. The summed E-state index contributed by atoms with van der Waals surface area (Å²) < 4.78 is 5.56. The number of carboxylic acid groups (broad SMARTS) is 1. The predicted octanol–water partition coefficient (Wildman–Crippen LogP) is 1.57. The molecule has 1 aromatic rings. The molecule has 0 spiro atoms. The summed E-state index contributed by atoms with van der Waals surface area (Å²) in [5.41, 5.74) is 5.65. The number of carbonyl (C=O) groups is 1. The lowest BCUT2D eigenvalue weighted by atomic mass is 9.96. The van der Waals surface area contributed by atoms with E-state index in [-0.39, 0.29) is 12.5 Å². The number of para-hydroxylation sites is 1. The summed E-state index contributed by atoms with van der Waals surface area (Å²) in [4.78, 5) is 11.2. The zero-order chi connectivity index (χ0) is 12.5. The summed E-state index contributed by atoms with van der Waals surface area (Å²) in [6.07, 6.45) is 1.75. The van der Waals surface area contributed by atoms with Gasteiger partial charge in [0.25, 0.3) is 0 Å². The Morgan fingerprint density at radius 2 is 2.18 bits per heavy atom. The number of benzene rings is 1. The molecule has 1 atom stereocenters. The Kier molecular flexibility index (Phi) is 3.07. The van der Waals surface area contributed by atoms with E-state index in [1.807, 2.05) is 31.2 Å². The highest BCUT2D eigenvalue weighted by molar-refractivity contribution is 5.79. The fourth-order valence-corrected chi connectivity index (χ4v) is 1.87. The zero-order valence-corrected chi connectivity index (χ0v) is 9.85. The summed E-state index contributed by atoms with van der Waals surface area (Å²) in [6, 6.07) is 7.52. The molecule has 1 aliphatic rings. The van der Waals surface area contributed by atoms with Gasteiger partial charge in [-0.15, -0.1) is 0 Å². The standard InChI is InChI=1S/C13H17NO3/c1-9-4-2-3-5-11(9)17-8-13(14,12(15)16)10-6-7-10/h2-5,10H,6-8,14H2,1H3,(H,15,16). The molecular formula is C13H17NO3. The quantitative estimate of drug-likeness (QED) is 0.812. The molecule has 1 unspecified atom stereocenters. The molecule has 0 radical (unpaired) electrons. The second kappa shape index (κ2) is 4.37. The lowest BCUT2D eigenvalue weighted by molar-refractivity contribution is -0.145. The number of aliphatic carboxylic acids is 1. The second-order valence-corrected chi connectivity index (χ2v) is 4.67. The van der Waals surface area contributed by atoms with Gasteiger partial charge in [0.2, 0.25) is 0 Å². The predicted molar refractivity (Wildman–Crippen MR) is 64.0 cm³/mol. The maximum Gasteiger partial charge on any atom is 0.327 e. The minimum absolute atomic E-state index is 0.0256. The molecule has 4 nitrogen and oxygen atoms in total. The first-order chi connectivity index (χ1) is 8.04. The van der Waals surface area contributed by atoms with E-state index in [0.29, 0.717) is 5.75 Å². The van der Waals surface area contributed by atoms with E-state index in [2.05, 4.69) is 0 Å². The number of ether oxygens (including phenoxy) is 1. The average Bonchev–Trinajstić information content (AvgIpc) is 3.11. The molecule has 1 saturated carbocycles. The number of hydrogen-bond acceptors (Lipinski definition) is 3. The molecule has 1 fully saturated rings. The van der Waals surface area contributed by atoms with Crippen molar-refractivity contribution in [2.75, 3.05) is 6.61 Å². The van der Waals surface area contributed by atoms with Crippen molar-refractivity contribution >= 4 is 5.97 Å². The summed E-state index contributed by atoms with van der Waals surface area (Å²) in [5, 5.41) is 9.19. The Morgan fingerprint density at radius 3 is 2.71 bits per heavy atom. The first kappa shape index (κ1) is 11.9. The molecule has 3 N–H and O–H groups in total. The van der Waals surface area contributed by atoms with Crippen LogP contribution in [0.25, 0.3) is 0 Å². The van der Waals surface area contributed by atoms with Crippen LogP contribution in [0.3, 0.4) is 0 Å². The van der Waals surface area contributed by atoms with E-state index < -0.39 is 11.5 Å². The molecule has 2 rings (SSSR count). The highest BCUT2D eigenvalue weighted by Gasteiger charge is 2.49. The third-order valence-electron chi connectivity index (χ3n) is 3.26. The SMILES string of the molecule is Cc1ccccc1OCC(N)(C(=O)O)C1CC1. The maximum atomic E-state index is 11.2. The fourth-order valence-electron chi connectivity index (χ4n) is 1.87. The van der Waals surface area contributed by atoms with Crippen molar-refractivity contribution in [2.24, 2.45) is 11.7 Å². The van der Waals surface area contributed by atoms with Crippen LogP contribution in [0.4, 0.5) is 0 Å². The summed E-state index contributed by atoms with van der Waals surface area (Å²) in [7, 11) is 0. The lowest BCUT2D eigenvalue weighted by Crippen LogP contribution is -2.54. The Bertz CT molecular complexity index is 428. The molecule has 0 heterocycles. The third kappa shape index (κ3) is 2.42. The molecule has 0 aliphatic heterocycles. The highest BCUT2D eigenvalue weighted by Crippen LogP contribution is 2.38. The van der Waals surface area contributed by atoms with Gasteiger partial charge in [0.1, 0.15) is 12.4 Å². The normalized spacial score (nSPS) is 18.5. The van der Waals surface area contributed by atoms with Gasteiger partial charge in [-0.3, -0.25) is 4.79 Å². The first-order valence-corrected chi connectivity index (χ1v) is 5.75. The lowest BCUT2D eigenvalue weighted by Gasteiger charge is -2.24. The van der Waals surface area contributed by atoms with Crippen molar-refractivity contribution in [3.8, 4) is 5.75 Å². The molecular weight excluding hydrogens is 218 g/mol. The summed E-state index contributed by atoms with van der Waals surface area (Å²) in [5.74, 6) is -0.234. The fraction of sp³-hybridized carbons (Fsp3) is 0.462.